The summed E-state index contributed by atoms with van der Waals surface area (Å²) in [5, 5.41) is 8.83. The van der Waals surface area contributed by atoms with Crippen LogP contribution in [0, 0.1) is 0 Å². The van der Waals surface area contributed by atoms with Crippen molar-refractivity contribution in [1.82, 2.24) is 4.98 Å². The van der Waals surface area contributed by atoms with E-state index in [1.165, 1.54) is 6.07 Å². The van der Waals surface area contributed by atoms with Gasteiger partial charge in [0.2, 0.25) is 5.56 Å². The van der Waals surface area contributed by atoms with Crippen LogP contribution in [0.5, 0.6) is 0 Å². The molecule has 0 amide bonds. The van der Waals surface area contributed by atoms with Gasteiger partial charge in [-0.25, -0.2) is 0 Å². The van der Waals surface area contributed by atoms with E-state index in [0.29, 0.717) is 5.69 Å². The predicted octanol–water partition coefficient (Wildman–Crippen LogP) is -0.235. The predicted molar refractivity (Wildman–Crippen MR) is 36.9 cm³/mol. The molecule has 0 aromatic carbocycles. The van der Waals surface area contributed by atoms with Crippen LogP contribution in [0.1, 0.15) is 11.8 Å². The zero-order valence-electron chi connectivity index (χ0n) is 5.65. The summed E-state index contributed by atoms with van der Waals surface area (Å²) in [4.78, 5) is 13.3. The first-order chi connectivity index (χ1) is 5.27. The fourth-order valence-electron chi connectivity index (χ4n) is 0.962. The van der Waals surface area contributed by atoms with Crippen LogP contribution < -0.4 is 5.56 Å². The summed E-state index contributed by atoms with van der Waals surface area (Å²) in [6, 6.07) is 4.75. The van der Waals surface area contributed by atoms with Crippen molar-refractivity contribution >= 4 is 0 Å². The summed E-state index contributed by atoms with van der Waals surface area (Å²) in [6.45, 7) is 0. The molecule has 58 valence electrons. The molecular weight excluding hydrogens is 146 g/mol. The Bertz CT molecular complexity index is 319. The second-order valence-electron chi connectivity index (χ2n) is 2.42. The third kappa shape index (κ3) is 1.18. The van der Waals surface area contributed by atoms with Gasteiger partial charge in [-0.1, -0.05) is 6.07 Å². The average molecular weight is 153 g/mol. The first kappa shape index (κ1) is 6.57. The van der Waals surface area contributed by atoms with Crippen molar-refractivity contribution in [2.75, 3.05) is 0 Å². The minimum absolute atomic E-state index is 0.176. The molecule has 4 heteroatoms. The highest BCUT2D eigenvalue weighted by Gasteiger charge is 2.39. The molecule has 2 heterocycles. The van der Waals surface area contributed by atoms with E-state index in [4.69, 9.17) is 9.84 Å². The molecule has 1 fully saturated rings. The van der Waals surface area contributed by atoms with Gasteiger partial charge < -0.3 is 14.8 Å². The zero-order chi connectivity index (χ0) is 7.84. The number of aromatic amines is 1. The van der Waals surface area contributed by atoms with Gasteiger partial charge in [0, 0.05) is 6.07 Å². The van der Waals surface area contributed by atoms with Crippen molar-refractivity contribution in [2.24, 2.45) is 0 Å². The van der Waals surface area contributed by atoms with E-state index in [0.717, 1.165) is 0 Å². The van der Waals surface area contributed by atoms with Gasteiger partial charge in [-0.05, 0) is 6.07 Å². The van der Waals surface area contributed by atoms with Gasteiger partial charge in [0.05, 0.1) is 5.69 Å². The molecule has 1 aromatic rings. The number of hydrogen-bond donors (Lipinski definition) is 2. The molecule has 4 nitrogen and oxygen atoms in total. The number of aliphatic hydroxyl groups is 1. The molecule has 0 spiro atoms. The molecular formula is C7H7NO3. The first-order valence-electron chi connectivity index (χ1n) is 3.30. The summed E-state index contributed by atoms with van der Waals surface area (Å²) in [5.41, 5.74) is 0.454. The molecule has 1 aliphatic heterocycles. The average Bonchev–Trinajstić information content (AvgIpc) is 2.67. The number of pyridine rings is 1. The molecule has 0 saturated carbocycles. The van der Waals surface area contributed by atoms with Crippen LogP contribution in [0.15, 0.2) is 23.0 Å². The van der Waals surface area contributed by atoms with Crippen molar-refractivity contribution in [3.63, 3.8) is 0 Å². The van der Waals surface area contributed by atoms with Crippen LogP contribution in [0.3, 0.4) is 0 Å². The molecule has 1 aromatic heterocycles. The van der Waals surface area contributed by atoms with Gasteiger partial charge in [0.1, 0.15) is 0 Å². The molecule has 0 aliphatic carbocycles. The fourth-order valence-corrected chi connectivity index (χ4v) is 0.962. The van der Waals surface area contributed by atoms with Gasteiger partial charge in [0.15, 0.2) is 12.4 Å². The highest BCUT2D eigenvalue weighted by atomic mass is 16.7. The third-order valence-electron chi connectivity index (χ3n) is 1.57. The minimum Gasteiger partial charge on any atom is -0.365 e. The number of aromatic nitrogens is 1. The maximum atomic E-state index is 10.7. The summed E-state index contributed by atoms with van der Waals surface area (Å²) in [5.74, 6) is 0. The van der Waals surface area contributed by atoms with Crippen LogP contribution in [0.4, 0.5) is 0 Å². The van der Waals surface area contributed by atoms with Gasteiger partial charge in [-0.15, -0.1) is 0 Å². The molecule has 0 bridgehead atoms. The SMILES string of the molecule is O=c1cccc(C2OC2O)[nH]1. The Labute approximate surface area is 62.4 Å². The number of H-pyrrole nitrogens is 1. The Morgan fingerprint density at radius 1 is 1.55 bits per heavy atom. The lowest BCUT2D eigenvalue weighted by molar-refractivity contribution is 0.156. The number of ether oxygens (including phenoxy) is 1. The van der Waals surface area contributed by atoms with Crippen LogP contribution in [0.25, 0.3) is 0 Å². The smallest absolute Gasteiger partial charge is 0.248 e. The van der Waals surface area contributed by atoms with E-state index >= 15 is 0 Å². The largest absolute Gasteiger partial charge is 0.365 e. The van der Waals surface area contributed by atoms with Crippen molar-refractivity contribution in [1.29, 1.82) is 0 Å². The summed E-state index contributed by atoms with van der Waals surface area (Å²) >= 11 is 0. The van der Waals surface area contributed by atoms with E-state index in [2.05, 4.69) is 4.98 Å². The van der Waals surface area contributed by atoms with Crippen LogP contribution >= 0.6 is 0 Å². The molecule has 2 N–H and O–H groups in total. The quantitative estimate of drug-likeness (QED) is 0.547. The Morgan fingerprint density at radius 3 is 2.82 bits per heavy atom. The Morgan fingerprint density at radius 2 is 2.27 bits per heavy atom. The highest BCUT2D eigenvalue weighted by molar-refractivity contribution is 5.11. The number of hydrogen-bond acceptors (Lipinski definition) is 3. The van der Waals surface area contributed by atoms with Crippen LogP contribution in [0.2, 0.25) is 0 Å². The Balaban J connectivity index is 2.32. The zero-order valence-corrected chi connectivity index (χ0v) is 5.65. The molecule has 0 radical (unpaired) electrons. The lowest BCUT2D eigenvalue weighted by Crippen LogP contribution is -2.06. The maximum absolute atomic E-state index is 10.7. The number of epoxide rings is 1. The lowest BCUT2D eigenvalue weighted by atomic mass is 10.3. The van der Waals surface area contributed by atoms with E-state index in [1.807, 2.05) is 0 Å². The van der Waals surface area contributed by atoms with Gasteiger partial charge in [0.25, 0.3) is 0 Å². The number of rotatable bonds is 1. The van der Waals surface area contributed by atoms with Gasteiger partial charge in [-0.2, -0.15) is 0 Å². The Hall–Kier alpha value is -1.13. The van der Waals surface area contributed by atoms with Crippen molar-refractivity contribution in [3.05, 3.63) is 34.2 Å². The maximum Gasteiger partial charge on any atom is 0.248 e. The second kappa shape index (κ2) is 2.18. The van der Waals surface area contributed by atoms with Crippen molar-refractivity contribution in [2.45, 2.75) is 12.4 Å². The van der Waals surface area contributed by atoms with Crippen LogP contribution in [-0.2, 0) is 4.74 Å². The fraction of sp³-hybridized carbons (Fsp3) is 0.286. The summed E-state index contributed by atoms with van der Waals surface area (Å²) in [6.07, 6.45) is -1.07. The molecule has 2 atom stereocenters. The van der Waals surface area contributed by atoms with Crippen LogP contribution in [-0.4, -0.2) is 16.4 Å². The molecule has 2 rings (SSSR count). The summed E-state index contributed by atoms with van der Waals surface area (Å²) in [7, 11) is 0. The molecule has 1 aliphatic rings. The third-order valence-corrected chi connectivity index (χ3v) is 1.57. The first-order valence-corrected chi connectivity index (χ1v) is 3.30. The minimum atomic E-state index is -0.743. The topological polar surface area (TPSA) is 65.6 Å². The van der Waals surface area contributed by atoms with Gasteiger partial charge >= 0.3 is 0 Å². The van der Waals surface area contributed by atoms with E-state index in [-0.39, 0.29) is 11.7 Å². The second-order valence-corrected chi connectivity index (χ2v) is 2.42. The lowest BCUT2D eigenvalue weighted by Gasteiger charge is -1.91. The van der Waals surface area contributed by atoms with Crippen molar-refractivity contribution in [3.8, 4) is 0 Å². The number of aliphatic hydroxyl groups excluding tert-OH is 1. The number of nitrogens with one attached hydrogen (secondary N) is 1. The Kier molecular flexibility index (Phi) is 1.30. The van der Waals surface area contributed by atoms with E-state index in [9.17, 15) is 4.79 Å². The monoisotopic (exact) mass is 153 g/mol. The van der Waals surface area contributed by atoms with E-state index in [1.54, 1.807) is 12.1 Å². The van der Waals surface area contributed by atoms with Crippen molar-refractivity contribution < 1.29 is 9.84 Å². The van der Waals surface area contributed by atoms with Gasteiger partial charge in [-0.3, -0.25) is 4.79 Å². The normalized spacial score (nSPS) is 28.5. The molecule has 2 unspecified atom stereocenters. The summed E-state index contributed by atoms with van der Waals surface area (Å²) < 4.78 is 4.74. The molecule has 1 saturated heterocycles. The van der Waals surface area contributed by atoms with E-state index < -0.39 is 6.29 Å². The highest BCUT2D eigenvalue weighted by Crippen LogP contribution is 2.34. The standard InChI is InChI=1S/C7H7NO3/c9-5-3-1-2-4(8-5)6-7(10)11-6/h1-3,6-7,10H,(H,8,9). The molecule has 11 heavy (non-hydrogen) atoms.